The molecule has 4 rings (SSSR count). The molecule has 3 heterocycles. The number of benzene rings is 1. The van der Waals surface area contributed by atoms with Gasteiger partial charge in [-0.3, -0.25) is 4.68 Å². The highest BCUT2D eigenvalue weighted by atomic mass is 32.2. The van der Waals surface area contributed by atoms with Crippen molar-refractivity contribution in [2.45, 2.75) is 58.0 Å². The van der Waals surface area contributed by atoms with Crippen LogP contribution in [-0.4, -0.2) is 52.1 Å². The number of sulfonamides is 1. The SMILES string of the molecule is Cc1ccc2[nH]c(CNCCCn3nc(C)c(S(=O)(=O)N4CCCC4)c3C)nc2c1. The zero-order valence-corrected chi connectivity index (χ0v) is 18.7. The van der Waals surface area contributed by atoms with E-state index in [1.807, 2.05) is 11.6 Å². The van der Waals surface area contributed by atoms with Gasteiger partial charge in [-0.25, -0.2) is 13.4 Å². The number of rotatable bonds is 8. The Labute approximate surface area is 177 Å². The minimum atomic E-state index is -3.44. The van der Waals surface area contributed by atoms with Gasteiger partial charge in [0.05, 0.1) is 29.0 Å². The lowest BCUT2D eigenvalue weighted by molar-refractivity contribution is 0.475. The molecule has 3 aromatic rings. The molecule has 0 amide bonds. The van der Waals surface area contributed by atoms with Gasteiger partial charge >= 0.3 is 0 Å². The first-order chi connectivity index (χ1) is 14.4. The van der Waals surface area contributed by atoms with E-state index in [1.54, 1.807) is 11.2 Å². The lowest BCUT2D eigenvalue weighted by Gasteiger charge is -2.15. The molecule has 0 spiro atoms. The minimum absolute atomic E-state index is 0.384. The third-order valence-corrected chi connectivity index (χ3v) is 7.83. The zero-order valence-electron chi connectivity index (χ0n) is 17.9. The highest BCUT2D eigenvalue weighted by Crippen LogP contribution is 2.26. The van der Waals surface area contributed by atoms with Crippen molar-refractivity contribution in [3.63, 3.8) is 0 Å². The molecule has 162 valence electrons. The molecule has 0 aliphatic carbocycles. The maximum atomic E-state index is 13.0. The van der Waals surface area contributed by atoms with E-state index in [9.17, 15) is 8.42 Å². The van der Waals surface area contributed by atoms with Crippen LogP contribution in [-0.2, 0) is 23.1 Å². The van der Waals surface area contributed by atoms with Crippen molar-refractivity contribution in [1.29, 1.82) is 0 Å². The summed E-state index contributed by atoms with van der Waals surface area (Å²) in [6.45, 7) is 9.06. The van der Waals surface area contributed by atoms with Crippen molar-refractivity contribution in [2.75, 3.05) is 19.6 Å². The number of aryl methyl sites for hydroxylation is 3. The second-order valence-electron chi connectivity index (χ2n) is 8.07. The van der Waals surface area contributed by atoms with E-state index in [1.165, 1.54) is 5.56 Å². The quantitative estimate of drug-likeness (QED) is 0.536. The fraction of sp³-hybridized carbons (Fsp3) is 0.524. The molecular formula is C21H30N6O2S. The Morgan fingerprint density at radius 2 is 1.93 bits per heavy atom. The number of fused-ring (bicyclic) bond motifs is 1. The highest BCUT2D eigenvalue weighted by molar-refractivity contribution is 7.89. The lowest BCUT2D eigenvalue weighted by Crippen LogP contribution is -2.28. The Kier molecular flexibility index (Phi) is 5.95. The van der Waals surface area contributed by atoms with Crippen molar-refractivity contribution in [2.24, 2.45) is 0 Å². The van der Waals surface area contributed by atoms with Crippen molar-refractivity contribution in [1.82, 2.24) is 29.4 Å². The fourth-order valence-electron chi connectivity index (χ4n) is 4.14. The van der Waals surface area contributed by atoms with Crippen LogP contribution in [0.15, 0.2) is 23.1 Å². The van der Waals surface area contributed by atoms with Crippen LogP contribution in [0.5, 0.6) is 0 Å². The van der Waals surface area contributed by atoms with Gasteiger partial charge in [0.25, 0.3) is 0 Å². The van der Waals surface area contributed by atoms with Crippen LogP contribution < -0.4 is 5.32 Å². The molecule has 2 N–H and O–H groups in total. The first kappa shape index (κ1) is 21.0. The molecule has 0 atom stereocenters. The van der Waals surface area contributed by atoms with Gasteiger partial charge in [-0.2, -0.15) is 9.40 Å². The molecule has 8 nitrogen and oxygen atoms in total. The van der Waals surface area contributed by atoms with Gasteiger partial charge in [0, 0.05) is 19.6 Å². The Bertz CT molecular complexity index is 1140. The van der Waals surface area contributed by atoms with E-state index in [2.05, 4.69) is 45.5 Å². The van der Waals surface area contributed by atoms with Crippen molar-refractivity contribution in [3.8, 4) is 0 Å². The Morgan fingerprint density at radius 3 is 2.70 bits per heavy atom. The normalized spacial score (nSPS) is 15.4. The second-order valence-corrected chi connectivity index (χ2v) is 9.94. The summed E-state index contributed by atoms with van der Waals surface area (Å²) in [7, 11) is -3.44. The lowest BCUT2D eigenvalue weighted by atomic mass is 10.2. The third kappa shape index (κ3) is 4.14. The molecule has 0 saturated carbocycles. The summed E-state index contributed by atoms with van der Waals surface area (Å²) in [6.07, 6.45) is 2.72. The minimum Gasteiger partial charge on any atom is -0.341 e. The largest absolute Gasteiger partial charge is 0.341 e. The summed E-state index contributed by atoms with van der Waals surface area (Å²) in [5.41, 5.74) is 4.55. The number of hydrogen-bond acceptors (Lipinski definition) is 5. The van der Waals surface area contributed by atoms with E-state index >= 15 is 0 Å². The van der Waals surface area contributed by atoms with Gasteiger partial charge in [-0.1, -0.05) is 6.07 Å². The molecule has 9 heteroatoms. The first-order valence-electron chi connectivity index (χ1n) is 10.6. The van der Waals surface area contributed by atoms with Crippen molar-refractivity contribution < 1.29 is 8.42 Å². The molecule has 0 radical (unpaired) electrons. The Morgan fingerprint density at radius 1 is 1.17 bits per heavy atom. The number of nitrogens with one attached hydrogen (secondary N) is 2. The van der Waals surface area contributed by atoms with E-state index in [-0.39, 0.29) is 0 Å². The number of aromatic amines is 1. The number of hydrogen-bond donors (Lipinski definition) is 2. The number of aromatic nitrogens is 4. The molecule has 30 heavy (non-hydrogen) atoms. The zero-order chi connectivity index (χ0) is 21.3. The number of nitrogens with zero attached hydrogens (tertiary/aromatic N) is 4. The van der Waals surface area contributed by atoms with Gasteiger partial charge in [0.2, 0.25) is 10.0 Å². The molecule has 1 aliphatic rings. The van der Waals surface area contributed by atoms with Gasteiger partial charge < -0.3 is 10.3 Å². The van der Waals surface area contributed by atoms with Crippen LogP contribution in [0.25, 0.3) is 11.0 Å². The van der Waals surface area contributed by atoms with E-state index < -0.39 is 10.0 Å². The maximum absolute atomic E-state index is 13.0. The summed E-state index contributed by atoms with van der Waals surface area (Å²) in [4.78, 5) is 8.33. The Balaban J connectivity index is 1.33. The highest BCUT2D eigenvalue weighted by Gasteiger charge is 2.32. The van der Waals surface area contributed by atoms with Gasteiger partial charge in [-0.15, -0.1) is 0 Å². The van der Waals surface area contributed by atoms with Gasteiger partial charge in [-0.05, 0) is 64.3 Å². The molecule has 1 aliphatic heterocycles. The molecule has 1 saturated heterocycles. The van der Waals surface area contributed by atoms with Gasteiger partial charge in [0.15, 0.2) is 0 Å². The van der Waals surface area contributed by atoms with E-state index in [0.29, 0.717) is 36.8 Å². The second kappa shape index (κ2) is 8.49. The molecular weight excluding hydrogens is 400 g/mol. The van der Waals surface area contributed by atoms with E-state index in [4.69, 9.17) is 0 Å². The molecule has 1 aromatic carbocycles. The Hall–Kier alpha value is -2.23. The summed E-state index contributed by atoms with van der Waals surface area (Å²) in [5.74, 6) is 0.917. The van der Waals surface area contributed by atoms with Crippen LogP contribution in [0.2, 0.25) is 0 Å². The van der Waals surface area contributed by atoms with Crippen LogP contribution in [0.3, 0.4) is 0 Å². The third-order valence-electron chi connectivity index (χ3n) is 5.68. The van der Waals surface area contributed by atoms with Crippen molar-refractivity contribution >= 4 is 21.1 Å². The summed E-state index contributed by atoms with van der Waals surface area (Å²) < 4.78 is 29.3. The molecule has 0 unspecified atom stereocenters. The maximum Gasteiger partial charge on any atom is 0.246 e. The van der Waals surface area contributed by atoms with E-state index in [0.717, 1.165) is 48.4 Å². The summed E-state index contributed by atoms with van der Waals surface area (Å²) in [5, 5.41) is 7.91. The van der Waals surface area contributed by atoms with Gasteiger partial charge in [0.1, 0.15) is 10.7 Å². The standard InChI is InChI=1S/C21H30N6O2S/c1-15-7-8-18-19(13-15)24-20(23-18)14-22-9-6-12-27-17(3)21(16(2)25-27)30(28,29)26-10-4-5-11-26/h7-8,13,22H,4-6,9-12,14H2,1-3H3,(H,23,24). The monoisotopic (exact) mass is 430 g/mol. The molecule has 0 bridgehead atoms. The smallest absolute Gasteiger partial charge is 0.246 e. The number of H-pyrrole nitrogens is 1. The molecule has 1 fully saturated rings. The van der Waals surface area contributed by atoms with Crippen molar-refractivity contribution in [3.05, 3.63) is 41.0 Å². The van der Waals surface area contributed by atoms with Crippen LogP contribution in [0.4, 0.5) is 0 Å². The first-order valence-corrected chi connectivity index (χ1v) is 12.0. The van der Waals surface area contributed by atoms with Crippen LogP contribution in [0.1, 0.15) is 42.0 Å². The van der Waals surface area contributed by atoms with Crippen LogP contribution in [0, 0.1) is 20.8 Å². The van der Waals surface area contributed by atoms with Crippen LogP contribution >= 0.6 is 0 Å². The average Bonchev–Trinajstić information content (AvgIpc) is 3.41. The fourth-order valence-corrected chi connectivity index (χ4v) is 6.03. The topological polar surface area (TPSA) is 95.9 Å². The number of imidazole rings is 1. The molecule has 2 aromatic heterocycles. The average molecular weight is 431 g/mol. The summed E-state index contributed by atoms with van der Waals surface area (Å²) in [6, 6.07) is 6.20. The predicted octanol–water partition coefficient (Wildman–Crippen LogP) is 2.65. The summed E-state index contributed by atoms with van der Waals surface area (Å²) >= 11 is 0. The predicted molar refractivity (Wildman–Crippen MR) is 117 cm³/mol.